The van der Waals surface area contributed by atoms with Gasteiger partial charge >= 0.3 is 11.9 Å². The van der Waals surface area contributed by atoms with Crippen LogP contribution in [0.15, 0.2) is 0 Å². The second-order valence-electron chi connectivity index (χ2n) is 7.55. The summed E-state index contributed by atoms with van der Waals surface area (Å²) in [7, 11) is 0. The molecule has 0 radical (unpaired) electrons. The van der Waals surface area contributed by atoms with Crippen LogP contribution in [0.2, 0.25) is 0 Å². The van der Waals surface area contributed by atoms with Crippen LogP contribution in [0.25, 0.3) is 0 Å². The Morgan fingerprint density at radius 3 is 1.25 bits per heavy atom. The Hall–Kier alpha value is -1.06. The summed E-state index contributed by atoms with van der Waals surface area (Å²) in [6.07, 6.45) is 0. The first kappa shape index (κ1) is 11.6. The van der Waals surface area contributed by atoms with Gasteiger partial charge in [0, 0.05) is 25.7 Å². The molecule has 0 amide bonds. The summed E-state index contributed by atoms with van der Waals surface area (Å²) in [5.41, 5.74) is 0. The fraction of sp³-hybridized carbons (Fsp3) is 0.875. The lowest BCUT2D eigenvalue weighted by molar-refractivity contribution is -0.488. The molecule has 6 aliphatic carbocycles. The van der Waals surface area contributed by atoms with Crippen molar-refractivity contribution in [3.63, 3.8) is 0 Å². The van der Waals surface area contributed by atoms with Crippen LogP contribution in [0.3, 0.4) is 0 Å². The molecule has 6 saturated carbocycles. The summed E-state index contributed by atoms with van der Waals surface area (Å²) in [5, 5.41) is 0. The standard InChI is InChI=1S/C16H20O4/c1-5(17)19-3-7-8(4-20-6(2)18)10-13-11-9(7)12-14(10)16(13)15(11)12/h7-16H,3-4H2,1-2H3/t7-,8+,9?,10?,11-,12-,13-,14+,15?,16?/m1/s1. The lowest BCUT2D eigenvalue weighted by Gasteiger charge is -2.95. The molecule has 0 heterocycles. The maximum absolute atomic E-state index is 11.1. The molecule has 6 fully saturated rings. The Kier molecular flexibility index (Phi) is 1.97. The van der Waals surface area contributed by atoms with Crippen molar-refractivity contribution in [2.45, 2.75) is 13.8 Å². The number of esters is 2. The minimum Gasteiger partial charge on any atom is -0.466 e. The molecule has 0 aromatic carbocycles. The molecule has 4 heteroatoms. The van der Waals surface area contributed by atoms with Gasteiger partial charge in [-0.1, -0.05) is 0 Å². The molecule has 0 saturated heterocycles. The predicted octanol–water partition coefficient (Wildman–Crippen LogP) is 1.34. The average Bonchev–Trinajstić information content (AvgIpc) is 2.35. The Morgan fingerprint density at radius 2 is 0.950 bits per heavy atom. The first-order valence-corrected chi connectivity index (χ1v) is 7.88. The van der Waals surface area contributed by atoms with Gasteiger partial charge in [0.05, 0.1) is 13.2 Å². The lowest BCUT2D eigenvalue weighted by atomic mass is 9.09. The third kappa shape index (κ3) is 1.02. The van der Waals surface area contributed by atoms with Crippen LogP contribution in [-0.2, 0) is 19.1 Å². The maximum Gasteiger partial charge on any atom is 0.302 e. The van der Waals surface area contributed by atoms with Crippen molar-refractivity contribution in [3.05, 3.63) is 0 Å². The third-order valence-corrected chi connectivity index (χ3v) is 7.39. The lowest BCUT2D eigenvalue weighted by Crippen LogP contribution is -2.92. The van der Waals surface area contributed by atoms with Crippen molar-refractivity contribution in [1.29, 1.82) is 0 Å². The van der Waals surface area contributed by atoms with E-state index in [1.165, 1.54) is 13.8 Å². The molecule has 4 unspecified atom stereocenters. The minimum absolute atomic E-state index is 0.192. The van der Waals surface area contributed by atoms with Crippen molar-refractivity contribution in [2.75, 3.05) is 13.2 Å². The largest absolute Gasteiger partial charge is 0.466 e. The highest BCUT2D eigenvalue weighted by molar-refractivity contribution is 5.66. The fourth-order valence-corrected chi connectivity index (χ4v) is 7.16. The number of carbonyl (C=O) groups excluding carboxylic acids is 2. The average molecular weight is 276 g/mol. The predicted molar refractivity (Wildman–Crippen MR) is 68.2 cm³/mol. The molecular formula is C16H20O4. The van der Waals surface area contributed by atoms with Gasteiger partial charge in [-0.3, -0.25) is 9.59 Å². The molecule has 10 atom stereocenters. The monoisotopic (exact) mass is 276 g/mol. The number of fused-ring (bicyclic) bond motifs is 1. The highest BCUT2D eigenvalue weighted by Crippen LogP contribution is 2.93. The van der Waals surface area contributed by atoms with Crippen LogP contribution >= 0.6 is 0 Å². The van der Waals surface area contributed by atoms with Gasteiger partial charge in [0.15, 0.2) is 0 Å². The van der Waals surface area contributed by atoms with Crippen molar-refractivity contribution in [3.8, 4) is 0 Å². The van der Waals surface area contributed by atoms with E-state index in [1.54, 1.807) is 0 Å². The molecule has 0 spiro atoms. The van der Waals surface area contributed by atoms with Gasteiger partial charge in [-0.05, 0) is 47.3 Å². The van der Waals surface area contributed by atoms with E-state index in [4.69, 9.17) is 9.47 Å². The van der Waals surface area contributed by atoms with Crippen LogP contribution in [0.1, 0.15) is 13.8 Å². The van der Waals surface area contributed by atoms with Gasteiger partial charge in [0.25, 0.3) is 0 Å². The topological polar surface area (TPSA) is 52.6 Å². The Bertz CT molecular complexity index is 449. The number of carbonyl (C=O) groups is 2. The summed E-state index contributed by atoms with van der Waals surface area (Å²) in [5.74, 6) is 7.75. The number of hydrogen-bond acceptors (Lipinski definition) is 4. The zero-order chi connectivity index (χ0) is 13.8. The zero-order valence-corrected chi connectivity index (χ0v) is 11.8. The molecule has 0 aliphatic heterocycles. The first-order valence-electron chi connectivity index (χ1n) is 7.88. The smallest absolute Gasteiger partial charge is 0.302 e. The third-order valence-electron chi connectivity index (χ3n) is 7.39. The van der Waals surface area contributed by atoms with Crippen molar-refractivity contribution < 1.29 is 19.1 Å². The summed E-state index contributed by atoms with van der Waals surface area (Å²) in [6, 6.07) is 0. The van der Waals surface area contributed by atoms with Crippen LogP contribution < -0.4 is 0 Å². The van der Waals surface area contributed by atoms with Gasteiger partial charge < -0.3 is 9.47 Å². The van der Waals surface area contributed by atoms with E-state index in [0.29, 0.717) is 25.0 Å². The minimum atomic E-state index is -0.192. The molecule has 0 aromatic rings. The number of ether oxygens (including phenoxy) is 2. The second-order valence-corrected chi connectivity index (χ2v) is 7.55. The highest BCUT2D eigenvalue weighted by Gasteiger charge is 2.90. The molecule has 6 rings (SSSR count). The van der Waals surface area contributed by atoms with Crippen LogP contribution in [-0.4, -0.2) is 25.2 Å². The molecule has 108 valence electrons. The summed E-state index contributed by atoms with van der Waals surface area (Å²) in [4.78, 5) is 22.3. The van der Waals surface area contributed by atoms with Gasteiger partial charge in [-0.2, -0.15) is 0 Å². The van der Waals surface area contributed by atoms with Crippen molar-refractivity contribution >= 4 is 11.9 Å². The number of hydrogen-bond donors (Lipinski definition) is 0. The van der Waals surface area contributed by atoms with Crippen molar-refractivity contribution in [1.82, 2.24) is 0 Å². The van der Waals surface area contributed by atoms with E-state index in [9.17, 15) is 9.59 Å². The molecular weight excluding hydrogens is 256 g/mol. The Labute approximate surface area is 118 Å². The van der Waals surface area contributed by atoms with Gasteiger partial charge in [0.1, 0.15) is 0 Å². The summed E-state index contributed by atoms with van der Waals surface area (Å²) < 4.78 is 10.6. The molecule has 20 heavy (non-hydrogen) atoms. The van der Waals surface area contributed by atoms with Crippen molar-refractivity contribution in [2.24, 2.45) is 59.2 Å². The molecule has 2 bridgehead atoms. The van der Waals surface area contributed by atoms with E-state index in [0.717, 1.165) is 47.3 Å². The van der Waals surface area contributed by atoms with Crippen LogP contribution in [0.4, 0.5) is 0 Å². The summed E-state index contributed by atoms with van der Waals surface area (Å²) in [6.45, 7) is 4.02. The van der Waals surface area contributed by atoms with Gasteiger partial charge in [0.2, 0.25) is 0 Å². The molecule has 0 aromatic heterocycles. The number of rotatable bonds is 4. The SMILES string of the molecule is CC(=O)OC[C@@H]1C2[C@H]3C4C5[C@@H]3C([C@@H]5[C@@H]42)[C@@H]1COC(C)=O. The fourth-order valence-electron chi connectivity index (χ4n) is 7.16. The zero-order valence-electron chi connectivity index (χ0n) is 11.8. The Morgan fingerprint density at radius 1 is 0.650 bits per heavy atom. The first-order chi connectivity index (χ1) is 9.61. The quantitative estimate of drug-likeness (QED) is 0.727. The molecule has 4 nitrogen and oxygen atoms in total. The maximum atomic E-state index is 11.1. The van der Waals surface area contributed by atoms with E-state index in [-0.39, 0.29) is 11.9 Å². The normalized spacial score (nSPS) is 58.3. The molecule has 0 N–H and O–H groups in total. The van der Waals surface area contributed by atoms with Crippen LogP contribution in [0.5, 0.6) is 0 Å². The summed E-state index contributed by atoms with van der Waals surface area (Å²) >= 11 is 0. The Balaban J connectivity index is 1.37. The van der Waals surface area contributed by atoms with E-state index >= 15 is 0 Å². The molecule has 6 aliphatic rings. The van der Waals surface area contributed by atoms with E-state index < -0.39 is 0 Å². The van der Waals surface area contributed by atoms with Gasteiger partial charge in [-0.25, -0.2) is 0 Å². The van der Waals surface area contributed by atoms with E-state index in [1.807, 2.05) is 0 Å². The second kappa shape index (κ2) is 3.40. The van der Waals surface area contributed by atoms with Gasteiger partial charge in [-0.15, -0.1) is 0 Å². The highest BCUT2D eigenvalue weighted by atomic mass is 16.5. The van der Waals surface area contributed by atoms with E-state index in [2.05, 4.69) is 0 Å². The van der Waals surface area contributed by atoms with Crippen LogP contribution in [0, 0.1) is 59.2 Å².